The van der Waals surface area contributed by atoms with E-state index in [1.807, 2.05) is 6.92 Å². The summed E-state index contributed by atoms with van der Waals surface area (Å²) >= 11 is 0. The third-order valence-corrected chi connectivity index (χ3v) is 3.27. The van der Waals surface area contributed by atoms with E-state index in [1.54, 1.807) is 36.4 Å². The van der Waals surface area contributed by atoms with Crippen LogP contribution in [0.3, 0.4) is 0 Å². The van der Waals surface area contributed by atoms with Crippen LogP contribution in [0.4, 0.5) is 4.39 Å². The highest BCUT2D eigenvalue weighted by molar-refractivity contribution is 5.94. The summed E-state index contributed by atoms with van der Waals surface area (Å²) in [4.78, 5) is 12.0. The Labute approximate surface area is 130 Å². The summed E-state index contributed by atoms with van der Waals surface area (Å²) in [5.74, 6) is 0.435. The van der Waals surface area contributed by atoms with Gasteiger partial charge in [-0.2, -0.15) is 0 Å². The fourth-order valence-electron chi connectivity index (χ4n) is 2.12. The predicted octanol–water partition coefficient (Wildman–Crippen LogP) is 3.59. The number of hydrogen-bond acceptors (Lipinski definition) is 2. The summed E-state index contributed by atoms with van der Waals surface area (Å²) in [6.45, 7) is 3.11. The summed E-state index contributed by atoms with van der Waals surface area (Å²) in [7, 11) is 0. The molecule has 0 unspecified atom stereocenters. The molecule has 0 aliphatic heterocycles. The maximum Gasteiger partial charge on any atom is 0.251 e. The highest BCUT2D eigenvalue weighted by Crippen LogP contribution is 2.12. The number of ether oxygens (including phenoxy) is 1. The molecular weight excluding hydrogens is 281 g/mol. The predicted molar refractivity (Wildman–Crippen MR) is 84.7 cm³/mol. The van der Waals surface area contributed by atoms with Crippen molar-refractivity contribution in [3.8, 4) is 5.75 Å². The largest absolute Gasteiger partial charge is 0.494 e. The van der Waals surface area contributed by atoms with Crippen molar-refractivity contribution in [3.63, 3.8) is 0 Å². The van der Waals surface area contributed by atoms with Gasteiger partial charge in [0.2, 0.25) is 0 Å². The maximum atomic E-state index is 12.8. The van der Waals surface area contributed by atoms with Crippen LogP contribution in [0.1, 0.15) is 29.3 Å². The van der Waals surface area contributed by atoms with Crippen molar-refractivity contribution in [3.05, 3.63) is 65.5 Å². The van der Waals surface area contributed by atoms with Crippen molar-refractivity contribution in [2.45, 2.75) is 19.8 Å². The normalized spacial score (nSPS) is 10.3. The Morgan fingerprint density at radius 3 is 2.41 bits per heavy atom. The van der Waals surface area contributed by atoms with Crippen molar-refractivity contribution < 1.29 is 13.9 Å². The van der Waals surface area contributed by atoms with Gasteiger partial charge in [0, 0.05) is 12.1 Å². The van der Waals surface area contributed by atoms with Gasteiger partial charge in [-0.15, -0.1) is 0 Å². The molecule has 0 aromatic heterocycles. The lowest BCUT2D eigenvalue weighted by molar-refractivity contribution is 0.0953. The number of aryl methyl sites for hydroxylation is 1. The minimum absolute atomic E-state index is 0.0952. The molecule has 0 saturated heterocycles. The third-order valence-electron chi connectivity index (χ3n) is 3.27. The Morgan fingerprint density at radius 2 is 1.77 bits per heavy atom. The van der Waals surface area contributed by atoms with Gasteiger partial charge in [-0.3, -0.25) is 4.79 Å². The number of carbonyl (C=O) groups is 1. The topological polar surface area (TPSA) is 38.3 Å². The summed E-state index contributed by atoms with van der Waals surface area (Å²) in [6.07, 6.45) is 1.62. The second kappa shape index (κ2) is 8.17. The molecule has 0 bridgehead atoms. The first-order valence-electron chi connectivity index (χ1n) is 7.44. The second-order valence-corrected chi connectivity index (χ2v) is 4.94. The van der Waals surface area contributed by atoms with Crippen molar-refractivity contribution in [2.24, 2.45) is 0 Å². The van der Waals surface area contributed by atoms with E-state index in [1.165, 1.54) is 12.1 Å². The lowest BCUT2D eigenvalue weighted by atomic mass is 10.1. The molecule has 0 saturated carbocycles. The van der Waals surface area contributed by atoms with Gasteiger partial charge in [-0.05, 0) is 61.7 Å². The zero-order valence-electron chi connectivity index (χ0n) is 12.6. The highest BCUT2D eigenvalue weighted by atomic mass is 19.1. The number of benzene rings is 2. The van der Waals surface area contributed by atoms with Crippen molar-refractivity contribution in [1.29, 1.82) is 0 Å². The van der Waals surface area contributed by atoms with Gasteiger partial charge >= 0.3 is 0 Å². The monoisotopic (exact) mass is 301 g/mol. The van der Waals surface area contributed by atoms with Crippen LogP contribution in [0.25, 0.3) is 0 Å². The molecule has 2 rings (SSSR count). The molecular formula is C18H20FNO2. The highest BCUT2D eigenvalue weighted by Gasteiger charge is 2.05. The molecule has 4 heteroatoms. The molecule has 0 aliphatic rings. The fraction of sp³-hybridized carbons (Fsp3) is 0.278. The summed E-state index contributed by atoms with van der Waals surface area (Å²) in [6, 6.07) is 13.5. The summed E-state index contributed by atoms with van der Waals surface area (Å²) in [5.41, 5.74) is 1.68. The molecule has 0 aliphatic carbocycles. The molecule has 0 spiro atoms. The van der Waals surface area contributed by atoms with Gasteiger partial charge < -0.3 is 10.1 Å². The van der Waals surface area contributed by atoms with Crippen LogP contribution < -0.4 is 10.1 Å². The minimum Gasteiger partial charge on any atom is -0.494 e. The Morgan fingerprint density at radius 1 is 1.09 bits per heavy atom. The Bertz CT molecular complexity index is 593. The molecule has 2 aromatic carbocycles. The Hall–Kier alpha value is -2.36. The molecule has 0 radical (unpaired) electrons. The maximum absolute atomic E-state index is 12.8. The molecule has 3 nitrogen and oxygen atoms in total. The van der Waals surface area contributed by atoms with Crippen LogP contribution >= 0.6 is 0 Å². The van der Waals surface area contributed by atoms with E-state index in [0.29, 0.717) is 18.7 Å². The van der Waals surface area contributed by atoms with E-state index in [4.69, 9.17) is 4.74 Å². The average Bonchev–Trinajstić information content (AvgIpc) is 2.54. The van der Waals surface area contributed by atoms with Gasteiger partial charge in [0.15, 0.2) is 0 Å². The van der Waals surface area contributed by atoms with Gasteiger partial charge in [0.05, 0.1) is 6.61 Å². The first-order chi connectivity index (χ1) is 10.7. The molecule has 0 atom stereocenters. The van der Waals surface area contributed by atoms with E-state index >= 15 is 0 Å². The van der Waals surface area contributed by atoms with E-state index in [0.717, 1.165) is 24.2 Å². The number of halogens is 1. The quantitative estimate of drug-likeness (QED) is 0.794. The first kappa shape index (κ1) is 16.0. The van der Waals surface area contributed by atoms with E-state index < -0.39 is 0 Å². The zero-order valence-corrected chi connectivity index (χ0v) is 12.6. The lowest BCUT2D eigenvalue weighted by Gasteiger charge is -2.07. The summed E-state index contributed by atoms with van der Waals surface area (Å²) < 4.78 is 18.1. The molecule has 22 heavy (non-hydrogen) atoms. The van der Waals surface area contributed by atoms with Crippen LogP contribution in [0, 0.1) is 5.82 Å². The number of carbonyl (C=O) groups excluding carboxylic acids is 1. The average molecular weight is 301 g/mol. The van der Waals surface area contributed by atoms with E-state index in [2.05, 4.69) is 5.32 Å². The molecule has 116 valence electrons. The zero-order chi connectivity index (χ0) is 15.8. The molecule has 1 N–H and O–H groups in total. The molecule has 2 aromatic rings. The lowest BCUT2D eigenvalue weighted by Crippen LogP contribution is -2.24. The van der Waals surface area contributed by atoms with E-state index in [-0.39, 0.29) is 11.7 Å². The van der Waals surface area contributed by atoms with Gasteiger partial charge in [0.1, 0.15) is 11.6 Å². The van der Waals surface area contributed by atoms with Crippen LogP contribution in [-0.2, 0) is 6.42 Å². The van der Waals surface area contributed by atoms with Crippen molar-refractivity contribution in [1.82, 2.24) is 5.32 Å². The van der Waals surface area contributed by atoms with Gasteiger partial charge in [-0.25, -0.2) is 4.39 Å². The second-order valence-electron chi connectivity index (χ2n) is 4.94. The fourth-order valence-corrected chi connectivity index (χ4v) is 2.12. The number of nitrogens with one attached hydrogen (secondary N) is 1. The first-order valence-corrected chi connectivity index (χ1v) is 7.44. The molecule has 0 heterocycles. The smallest absolute Gasteiger partial charge is 0.251 e. The standard InChI is InChI=1S/C18H20FNO2/c1-2-22-17-11-7-15(8-12-17)18(21)20-13-3-4-14-5-9-16(19)10-6-14/h5-12H,2-4,13H2,1H3,(H,20,21). The summed E-state index contributed by atoms with van der Waals surface area (Å²) in [5, 5.41) is 2.88. The number of hydrogen-bond donors (Lipinski definition) is 1. The third kappa shape index (κ3) is 4.88. The Kier molecular flexibility index (Phi) is 5.95. The minimum atomic E-state index is -0.229. The Balaban J connectivity index is 1.74. The van der Waals surface area contributed by atoms with E-state index in [9.17, 15) is 9.18 Å². The van der Waals surface area contributed by atoms with Crippen LogP contribution in [0.5, 0.6) is 5.75 Å². The van der Waals surface area contributed by atoms with Gasteiger partial charge in [0.25, 0.3) is 5.91 Å². The van der Waals surface area contributed by atoms with Gasteiger partial charge in [-0.1, -0.05) is 12.1 Å². The van der Waals surface area contributed by atoms with Crippen molar-refractivity contribution in [2.75, 3.05) is 13.2 Å². The molecule has 0 fully saturated rings. The SMILES string of the molecule is CCOc1ccc(C(=O)NCCCc2ccc(F)cc2)cc1. The van der Waals surface area contributed by atoms with Crippen LogP contribution in [0.2, 0.25) is 0 Å². The van der Waals surface area contributed by atoms with Crippen molar-refractivity contribution >= 4 is 5.91 Å². The molecule has 1 amide bonds. The van der Waals surface area contributed by atoms with Crippen LogP contribution in [0.15, 0.2) is 48.5 Å². The van der Waals surface area contributed by atoms with Crippen LogP contribution in [-0.4, -0.2) is 19.1 Å². The number of amides is 1. The number of rotatable bonds is 7.